The van der Waals surface area contributed by atoms with Crippen molar-refractivity contribution in [3.05, 3.63) is 54.6 Å². The largest absolute Gasteiger partial charge is 0.378 e. The van der Waals surface area contributed by atoms with Gasteiger partial charge in [-0.15, -0.1) is 0 Å². The molecule has 1 aliphatic rings. The third kappa shape index (κ3) is 3.65. The Kier molecular flexibility index (Phi) is 4.71. The Morgan fingerprint density at radius 2 is 1.59 bits per heavy atom. The SMILES string of the molecule is O=C(CNc1ccc(-c2ccccc2)cc1)N1CCOCC1. The second kappa shape index (κ2) is 7.09. The molecular weight excluding hydrogens is 276 g/mol. The van der Waals surface area contributed by atoms with Crippen LogP contribution in [0.2, 0.25) is 0 Å². The number of morpholine rings is 1. The predicted molar refractivity (Wildman–Crippen MR) is 87.8 cm³/mol. The van der Waals surface area contributed by atoms with Crippen LogP contribution in [0.3, 0.4) is 0 Å². The lowest BCUT2D eigenvalue weighted by Crippen LogP contribution is -2.43. The number of amides is 1. The van der Waals surface area contributed by atoms with Gasteiger partial charge in [0.2, 0.25) is 5.91 Å². The monoisotopic (exact) mass is 296 g/mol. The highest BCUT2D eigenvalue weighted by atomic mass is 16.5. The van der Waals surface area contributed by atoms with E-state index in [1.165, 1.54) is 11.1 Å². The average Bonchev–Trinajstić information content (AvgIpc) is 2.61. The van der Waals surface area contributed by atoms with Crippen molar-refractivity contribution >= 4 is 11.6 Å². The lowest BCUT2D eigenvalue weighted by atomic mass is 10.1. The normalized spacial score (nSPS) is 14.6. The highest BCUT2D eigenvalue weighted by Gasteiger charge is 2.16. The van der Waals surface area contributed by atoms with E-state index in [2.05, 4.69) is 29.6 Å². The fourth-order valence-electron chi connectivity index (χ4n) is 2.51. The number of ether oxygens (including phenoxy) is 1. The summed E-state index contributed by atoms with van der Waals surface area (Å²) in [5, 5.41) is 3.19. The van der Waals surface area contributed by atoms with E-state index in [0.29, 0.717) is 32.8 Å². The van der Waals surface area contributed by atoms with E-state index in [0.717, 1.165) is 5.69 Å². The summed E-state index contributed by atoms with van der Waals surface area (Å²) in [6.45, 7) is 2.97. The Morgan fingerprint density at radius 3 is 2.27 bits per heavy atom. The zero-order valence-corrected chi connectivity index (χ0v) is 12.5. The molecule has 2 aromatic carbocycles. The standard InChI is InChI=1S/C18H20N2O2/c21-18(20-10-12-22-13-11-20)14-19-17-8-6-16(7-9-17)15-4-2-1-3-5-15/h1-9,19H,10-14H2. The lowest BCUT2D eigenvalue weighted by Gasteiger charge is -2.27. The average molecular weight is 296 g/mol. The zero-order valence-electron chi connectivity index (χ0n) is 12.5. The molecule has 0 aliphatic carbocycles. The molecular formula is C18H20N2O2. The Bertz CT molecular complexity index is 605. The van der Waals surface area contributed by atoms with Crippen LogP contribution in [0, 0.1) is 0 Å². The third-order valence-electron chi connectivity index (χ3n) is 3.80. The molecule has 22 heavy (non-hydrogen) atoms. The number of carbonyl (C=O) groups excluding carboxylic acids is 1. The second-order valence-electron chi connectivity index (χ2n) is 5.29. The molecule has 0 radical (unpaired) electrons. The summed E-state index contributed by atoms with van der Waals surface area (Å²) in [6.07, 6.45) is 0. The lowest BCUT2D eigenvalue weighted by molar-refractivity contribution is -0.133. The van der Waals surface area contributed by atoms with Crippen molar-refractivity contribution in [3.8, 4) is 11.1 Å². The van der Waals surface area contributed by atoms with Crippen LogP contribution >= 0.6 is 0 Å². The number of rotatable bonds is 4. The molecule has 1 fully saturated rings. The Balaban J connectivity index is 1.56. The minimum atomic E-state index is 0.121. The van der Waals surface area contributed by atoms with E-state index in [1.807, 2.05) is 35.2 Å². The quantitative estimate of drug-likeness (QED) is 0.943. The van der Waals surface area contributed by atoms with Crippen molar-refractivity contribution in [1.82, 2.24) is 4.90 Å². The topological polar surface area (TPSA) is 41.6 Å². The van der Waals surface area contributed by atoms with Gasteiger partial charge in [0.25, 0.3) is 0 Å². The van der Waals surface area contributed by atoms with E-state index >= 15 is 0 Å². The van der Waals surface area contributed by atoms with Crippen molar-refractivity contribution < 1.29 is 9.53 Å². The maximum absolute atomic E-state index is 12.1. The molecule has 114 valence electrons. The summed E-state index contributed by atoms with van der Waals surface area (Å²) in [5.41, 5.74) is 3.32. The van der Waals surface area contributed by atoms with Gasteiger partial charge >= 0.3 is 0 Å². The van der Waals surface area contributed by atoms with Crippen molar-refractivity contribution in [2.24, 2.45) is 0 Å². The molecule has 3 rings (SSSR count). The van der Waals surface area contributed by atoms with Crippen molar-refractivity contribution in [2.75, 3.05) is 38.2 Å². The minimum absolute atomic E-state index is 0.121. The smallest absolute Gasteiger partial charge is 0.242 e. The predicted octanol–water partition coefficient (Wildman–Crippen LogP) is 2.62. The van der Waals surface area contributed by atoms with E-state index in [4.69, 9.17) is 4.74 Å². The van der Waals surface area contributed by atoms with Gasteiger partial charge in [-0.25, -0.2) is 0 Å². The number of benzene rings is 2. The first kappa shape index (κ1) is 14.6. The van der Waals surface area contributed by atoms with Gasteiger partial charge in [-0.05, 0) is 23.3 Å². The van der Waals surface area contributed by atoms with Crippen molar-refractivity contribution in [1.29, 1.82) is 0 Å². The Labute approximate surface area is 130 Å². The molecule has 1 aliphatic heterocycles. The van der Waals surface area contributed by atoms with Gasteiger partial charge < -0.3 is 15.0 Å². The molecule has 0 atom stereocenters. The number of carbonyl (C=O) groups is 1. The molecule has 2 aromatic rings. The van der Waals surface area contributed by atoms with Crippen LogP contribution in [0.5, 0.6) is 0 Å². The molecule has 1 amide bonds. The molecule has 0 bridgehead atoms. The number of hydrogen-bond donors (Lipinski definition) is 1. The maximum Gasteiger partial charge on any atom is 0.242 e. The summed E-state index contributed by atoms with van der Waals surface area (Å²) in [6, 6.07) is 18.4. The highest BCUT2D eigenvalue weighted by Crippen LogP contribution is 2.20. The highest BCUT2D eigenvalue weighted by molar-refractivity contribution is 5.81. The maximum atomic E-state index is 12.1. The number of nitrogens with one attached hydrogen (secondary N) is 1. The van der Waals surface area contributed by atoms with E-state index < -0.39 is 0 Å². The fraction of sp³-hybridized carbons (Fsp3) is 0.278. The van der Waals surface area contributed by atoms with Crippen LogP contribution in [0.4, 0.5) is 5.69 Å². The van der Waals surface area contributed by atoms with Crippen LogP contribution < -0.4 is 5.32 Å². The zero-order chi connectivity index (χ0) is 15.2. The summed E-state index contributed by atoms with van der Waals surface area (Å²) in [4.78, 5) is 13.9. The molecule has 4 heteroatoms. The second-order valence-corrected chi connectivity index (χ2v) is 5.29. The van der Waals surface area contributed by atoms with Gasteiger partial charge in [0.1, 0.15) is 0 Å². The Morgan fingerprint density at radius 1 is 0.955 bits per heavy atom. The molecule has 1 N–H and O–H groups in total. The first-order valence-electron chi connectivity index (χ1n) is 7.58. The number of nitrogens with zero attached hydrogens (tertiary/aromatic N) is 1. The number of hydrogen-bond acceptors (Lipinski definition) is 3. The molecule has 1 heterocycles. The minimum Gasteiger partial charge on any atom is -0.378 e. The van der Waals surface area contributed by atoms with Crippen LogP contribution in [0.1, 0.15) is 0 Å². The van der Waals surface area contributed by atoms with Gasteiger partial charge in [-0.1, -0.05) is 42.5 Å². The van der Waals surface area contributed by atoms with Gasteiger partial charge in [-0.3, -0.25) is 4.79 Å². The van der Waals surface area contributed by atoms with Gasteiger partial charge in [0, 0.05) is 18.8 Å². The number of anilines is 1. The van der Waals surface area contributed by atoms with Crippen LogP contribution in [-0.4, -0.2) is 43.7 Å². The molecule has 0 aromatic heterocycles. The first-order valence-corrected chi connectivity index (χ1v) is 7.58. The summed E-state index contributed by atoms with van der Waals surface area (Å²) >= 11 is 0. The van der Waals surface area contributed by atoms with Gasteiger partial charge in [-0.2, -0.15) is 0 Å². The van der Waals surface area contributed by atoms with E-state index in [-0.39, 0.29) is 5.91 Å². The summed E-state index contributed by atoms with van der Waals surface area (Å²) in [7, 11) is 0. The third-order valence-corrected chi connectivity index (χ3v) is 3.80. The molecule has 0 spiro atoms. The van der Waals surface area contributed by atoms with E-state index in [9.17, 15) is 4.79 Å². The van der Waals surface area contributed by atoms with Gasteiger partial charge in [0.15, 0.2) is 0 Å². The van der Waals surface area contributed by atoms with E-state index in [1.54, 1.807) is 0 Å². The Hall–Kier alpha value is -2.33. The molecule has 0 saturated carbocycles. The molecule has 0 unspecified atom stereocenters. The molecule has 4 nitrogen and oxygen atoms in total. The van der Waals surface area contributed by atoms with Crippen LogP contribution in [0.15, 0.2) is 54.6 Å². The molecule has 1 saturated heterocycles. The van der Waals surface area contributed by atoms with Crippen molar-refractivity contribution in [2.45, 2.75) is 0 Å². The van der Waals surface area contributed by atoms with Crippen LogP contribution in [-0.2, 0) is 9.53 Å². The summed E-state index contributed by atoms with van der Waals surface area (Å²) < 4.78 is 5.25. The fourth-order valence-corrected chi connectivity index (χ4v) is 2.51. The summed E-state index contributed by atoms with van der Waals surface area (Å²) in [5.74, 6) is 0.121. The van der Waals surface area contributed by atoms with Crippen LogP contribution in [0.25, 0.3) is 11.1 Å². The first-order chi connectivity index (χ1) is 10.8. The van der Waals surface area contributed by atoms with Gasteiger partial charge in [0.05, 0.1) is 19.8 Å². The van der Waals surface area contributed by atoms with Crippen molar-refractivity contribution in [3.63, 3.8) is 0 Å².